The Balaban J connectivity index is 0.00000312. The Bertz CT molecular complexity index is 651. The van der Waals surface area contributed by atoms with Gasteiger partial charge in [0.1, 0.15) is 6.61 Å². The predicted molar refractivity (Wildman–Crippen MR) is 93.2 cm³/mol. The van der Waals surface area contributed by atoms with Crippen LogP contribution in [0.5, 0.6) is 11.5 Å². The molecule has 1 atom stereocenters. The molecule has 0 saturated heterocycles. The highest BCUT2D eigenvalue weighted by Crippen LogP contribution is 2.33. The molecule has 25 heavy (non-hydrogen) atoms. The average molecular weight is 376 g/mol. The molecule has 0 bridgehead atoms. The minimum atomic E-state index is -4.21. The summed E-state index contributed by atoms with van der Waals surface area (Å²) in [5, 5.41) is 0. The highest BCUT2D eigenvalue weighted by molar-refractivity contribution is 5.85. The lowest BCUT2D eigenvalue weighted by atomic mass is 10.0. The number of alkyl halides is 3. The van der Waals surface area contributed by atoms with Crippen molar-refractivity contribution in [2.24, 2.45) is 5.73 Å². The molecule has 0 aliphatic rings. The molecule has 2 N–H and O–H groups in total. The summed E-state index contributed by atoms with van der Waals surface area (Å²) in [6, 6.07) is 13.9. The van der Waals surface area contributed by atoms with Crippen LogP contribution >= 0.6 is 12.4 Å². The van der Waals surface area contributed by atoms with Crippen LogP contribution in [0.4, 0.5) is 13.2 Å². The first-order valence-corrected chi connectivity index (χ1v) is 7.56. The molecule has 3 nitrogen and oxygen atoms in total. The van der Waals surface area contributed by atoms with E-state index < -0.39 is 18.6 Å². The van der Waals surface area contributed by atoms with Gasteiger partial charge in [0.25, 0.3) is 0 Å². The molecule has 0 radical (unpaired) electrons. The van der Waals surface area contributed by atoms with Gasteiger partial charge in [0.05, 0.1) is 7.11 Å². The van der Waals surface area contributed by atoms with E-state index in [2.05, 4.69) is 0 Å². The molecule has 2 rings (SSSR count). The summed E-state index contributed by atoms with van der Waals surface area (Å²) in [5.41, 5.74) is 7.44. The number of hydrogen-bond donors (Lipinski definition) is 1. The van der Waals surface area contributed by atoms with Gasteiger partial charge in [-0.25, -0.2) is 0 Å². The zero-order valence-corrected chi connectivity index (χ0v) is 14.6. The van der Waals surface area contributed by atoms with E-state index in [-0.39, 0.29) is 18.8 Å². The minimum absolute atomic E-state index is 0. The van der Waals surface area contributed by atoms with Crippen LogP contribution < -0.4 is 15.2 Å². The van der Waals surface area contributed by atoms with Crippen LogP contribution in [0.1, 0.15) is 30.0 Å². The minimum Gasteiger partial charge on any atom is -0.493 e. The zero-order valence-electron chi connectivity index (χ0n) is 13.8. The molecular formula is C18H21ClF3NO2. The Labute approximate surface area is 151 Å². The summed E-state index contributed by atoms with van der Waals surface area (Å²) in [6.45, 7) is 0.372. The number of methoxy groups -OCH3 is 1. The first-order valence-electron chi connectivity index (χ1n) is 7.56. The van der Waals surface area contributed by atoms with Crippen molar-refractivity contribution in [3.8, 4) is 11.5 Å². The third-order valence-electron chi connectivity index (χ3n) is 3.59. The van der Waals surface area contributed by atoms with Gasteiger partial charge >= 0.3 is 6.18 Å². The third-order valence-corrected chi connectivity index (χ3v) is 3.59. The summed E-state index contributed by atoms with van der Waals surface area (Å²) in [5.74, 6) is 0.971. The molecule has 0 aliphatic carbocycles. The van der Waals surface area contributed by atoms with Crippen molar-refractivity contribution < 1.29 is 22.6 Å². The van der Waals surface area contributed by atoms with E-state index in [1.165, 1.54) is 7.11 Å². The fraction of sp³-hybridized carbons (Fsp3) is 0.333. The van der Waals surface area contributed by atoms with Crippen molar-refractivity contribution in [1.82, 2.24) is 0 Å². The highest BCUT2D eigenvalue weighted by Gasteiger charge is 2.28. The van der Waals surface area contributed by atoms with Crippen LogP contribution in [-0.4, -0.2) is 13.3 Å². The molecule has 0 unspecified atom stereocenters. The summed E-state index contributed by atoms with van der Waals surface area (Å²) in [7, 11) is 1.48. The molecule has 0 spiro atoms. The molecular weight excluding hydrogens is 355 g/mol. The second-order valence-corrected chi connectivity index (χ2v) is 5.44. The maximum atomic E-state index is 12.3. The van der Waals surface area contributed by atoms with Gasteiger partial charge in [-0.15, -0.1) is 12.4 Å². The summed E-state index contributed by atoms with van der Waals surface area (Å²) in [6.07, 6.45) is -5.29. The van der Waals surface area contributed by atoms with Crippen LogP contribution in [0, 0.1) is 0 Å². The van der Waals surface area contributed by atoms with E-state index in [0.717, 1.165) is 5.56 Å². The summed E-state index contributed by atoms with van der Waals surface area (Å²) >= 11 is 0. The summed E-state index contributed by atoms with van der Waals surface area (Å²) in [4.78, 5) is 0. The van der Waals surface area contributed by atoms with Gasteiger partial charge in [-0.3, -0.25) is 0 Å². The van der Waals surface area contributed by atoms with E-state index in [1.54, 1.807) is 18.2 Å². The van der Waals surface area contributed by atoms with Crippen molar-refractivity contribution in [2.75, 3.05) is 7.11 Å². The lowest BCUT2D eigenvalue weighted by molar-refractivity contribution is -0.136. The van der Waals surface area contributed by atoms with Gasteiger partial charge in [0, 0.05) is 12.5 Å². The largest absolute Gasteiger partial charge is 0.493 e. The molecule has 0 aliphatic heterocycles. The van der Waals surface area contributed by atoms with E-state index in [1.807, 2.05) is 30.3 Å². The Morgan fingerprint density at radius 3 is 2.32 bits per heavy atom. The second kappa shape index (κ2) is 9.53. The van der Waals surface area contributed by atoms with Gasteiger partial charge in [-0.05, 0) is 29.7 Å². The van der Waals surface area contributed by atoms with E-state index in [9.17, 15) is 13.2 Å². The van der Waals surface area contributed by atoms with Gasteiger partial charge < -0.3 is 15.2 Å². The first-order chi connectivity index (χ1) is 11.4. The Kier molecular flexibility index (Phi) is 8.06. The fourth-order valence-corrected chi connectivity index (χ4v) is 2.26. The number of nitrogens with two attached hydrogens (primary N) is 1. The Morgan fingerprint density at radius 1 is 1.04 bits per heavy atom. The molecule has 0 amide bonds. The van der Waals surface area contributed by atoms with Gasteiger partial charge in [0.15, 0.2) is 11.5 Å². The van der Waals surface area contributed by atoms with Crippen LogP contribution in [0.2, 0.25) is 0 Å². The van der Waals surface area contributed by atoms with Crippen molar-refractivity contribution >= 4 is 12.4 Å². The monoisotopic (exact) mass is 375 g/mol. The van der Waals surface area contributed by atoms with Gasteiger partial charge in [0.2, 0.25) is 0 Å². The molecule has 0 saturated carbocycles. The van der Waals surface area contributed by atoms with Crippen molar-refractivity contribution in [1.29, 1.82) is 0 Å². The Morgan fingerprint density at radius 2 is 1.72 bits per heavy atom. The van der Waals surface area contributed by atoms with Crippen LogP contribution in [-0.2, 0) is 6.61 Å². The van der Waals surface area contributed by atoms with Gasteiger partial charge in [-0.2, -0.15) is 13.2 Å². The number of rotatable bonds is 7. The molecule has 138 valence electrons. The topological polar surface area (TPSA) is 44.5 Å². The SMILES string of the molecule is COc1cc([C@@H](N)CCC(F)(F)F)ccc1OCc1ccccc1.Cl. The smallest absolute Gasteiger partial charge is 0.389 e. The lowest BCUT2D eigenvalue weighted by Crippen LogP contribution is -2.16. The number of hydrogen-bond acceptors (Lipinski definition) is 3. The highest BCUT2D eigenvalue weighted by atomic mass is 35.5. The number of ether oxygens (including phenoxy) is 2. The average Bonchev–Trinajstić information content (AvgIpc) is 2.58. The molecule has 2 aromatic carbocycles. The normalized spacial score (nSPS) is 12.2. The second-order valence-electron chi connectivity index (χ2n) is 5.44. The molecule has 0 heterocycles. The lowest BCUT2D eigenvalue weighted by Gasteiger charge is -2.16. The Hall–Kier alpha value is -1.92. The quantitative estimate of drug-likeness (QED) is 0.737. The van der Waals surface area contributed by atoms with Crippen LogP contribution in [0.3, 0.4) is 0 Å². The van der Waals surface area contributed by atoms with Crippen LogP contribution in [0.25, 0.3) is 0 Å². The van der Waals surface area contributed by atoms with Crippen molar-refractivity contribution in [2.45, 2.75) is 31.7 Å². The zero-order chi connectivity index (χ0) is 17.6. The van der Waals surface area contributed by atoms with Crippen LogP contribution in [0.15, 0.2) is 48.5 Å². The maximum Gasteiger partial charge on any atom is 0.389 e. The molecule has 0 aromatic heterocycles. The fourth-order valence-electron chi connectivity index (χ4n) is 2.26. The third kappa shape index (κ3) is 6.84. The van der Waals surface area contributed by atoms with E-state index in [0.29, 0.717) is 23.7 Å². The maximum absolute atomic E-state index is 12.3. The number of halogens is 4. The molecule has 0 fully saturated rings. The molecule has 2 aromatic rings. The standard InChI is InChI=1S/C18H20F3NO2.ClH/c1-23-17-11-14(15(22)9-10-18(19,20)21)7-8-16(17)24-12-13-5-3-2-4-6-13;/h2-8,11,15H,9-10,12,22H2,1H3;1H/t15-;/m0./s1. The van der Waals surface area contributed by atoms with Crippen molar-refractivity contribution in [3.63, 3.8) is 0 Å². The molecule has 7 heteroatoms. The predicted octanol–water partition coefficient (Wildman–Crippen LogP) is 5.04. The van der Waals surface area contributed by atoms with Crippen molar-refractivity contribution in [3.05, 3.63) is 59.7 Å². The number of benzene rings is 2. The van der Waals surface area contributed by atoms with E-state index >= 15 is 0 Å². The van der Waals surface area contributed by atoms with E-state index in [4.69, 9.17) is 15.2 Å². The summed E-state index contributed by atoms with van der Waals surface area (Å²) < 4.78 is 47.9. The first kappa shape index (κ1) is 21.1. The van der Waals surface area contributed by atoms with Gasteiger partial charge in [-0.1, -0.05) is 36.4 Å².